The summed E-state index contributed by atoms with van der Waals surface area (Å²) in [6.07, 6.45) is 2.47. The Bertz CT molecular complexity index is 906. The highest BCUT2D eigenvalue weighted by Crippen LogP contribution is 2.25. The van der Waals surface area contributed by atoms with Gasteiger partial charge in [-0.05, 0) is 81.6 Å². The summed E-state index contributed by atoms with van der Waals surface area (Å²) in [4.78, 5) is 28.3. The van der Waals surface area contributed by atoms with Gasteiger partial charge in [0.1, 0.15) is 5.75 Å². The predicted molar refractivity (Wildman–Crippen MR) is 125 cm³/mol. The maximum absolute atomic E-state index is 12.3. The third-order valence-electron chi connectivity index (χ3n) is 5.27. The van der Waals surface area contributed by atoms with Gasteiger partial charge < -0.3 is 20.3 Å². The number of anilines is 3. The number of nitrogens with one attached hydrogen (secondary N) is 2. The number of ether oxygens (including phenoxy) is 1. The molecule has 2 N–H and O–H groups in total. The third-order valence-corrected chi connectivity index (χ3v) is 5.27. The Kier molecular flexibility index (Phi) is 7.39. The van der Waals surface area contributed by atoms with E-state index in [-0.39, 0.29) is 24.6 Å². The molecule has 1 aliphatic rings. The molecule has 0 atom stereocenters. The molecule has 1 heterocycles. The monoisotopic (exact) mass is 424 g/mol. The lowest BCUT2D eigenvalue weighted by Gasteiger charge is -2.20. The number of amides is 3. The molecule has 0 unspecified atom stereocenters. The summed E-state index contributed by atoms with van der Waals surface area (Å²) >= 11 is 0. The molecule has 7 nitrogen and oxygen atoms in total. The summed E-state index contributed by atoms with van der Waals surface area (Å²) in [6.45, 7) is 7.93. The molecule has 2 aromatic rings. The first-order chi connectivity index (χ1) is 14.8. The second-order valence-corrected chi connectivity index (χ2v) is 8.19. The molecule has 0 saturated carbocycles. The average molecular weight is 425 g/mol. The van der Waals surface area contributed by atoms with Gasteiger partial charge in [0.15, 0.2) is 6.61 Å². The molecule has 3 amide bonds. The van der Waals surface area contributed by atoms with Crippen molar-refractivity contribution in [2.45, 2.75) is 39.7 Å². The van der Waals surface area contributed by atoms with E-state index in [1.165, 1.54) is 23.4 Å². The predicted octanol–water partition coefficient (Wildman–Crippen LogP) is 4.17. The van der Waals surface area contributed by atoms with Crippen LogP contribution in [0.2, 0.25) is 0 Å². The van der Waals surface area contributed by atoms with Gasteiger partial charge in [0.05, 0.1) is 0 Å². The molecule has 0 bridgehead atoms. The second-order valence-electron chi connectivity index (χ2n) is 8.19. The van der Waals surface area contributed by atoms with Crippen LogP contribution in [0.1, 0.15) is 32.3 Å². The molecule has 166 valence electrons. The fraction of sp³-hybridized carbons (Fsp3) is 0.417. The molecule has 1 aliphatic heterocycles. The molecule has 7 heteroatoms. The summed E-state index contributed by atoms with van der Waals surface area (Å²) in [5.74, 6) is 0.354. The van der Waals surface area contributed by atoms with Crippen molar-refractivity contribution in [1.29, 1.82) is 0 Å². The van der Waals surface area contributed by atoms with E-state index in [9.17, 15) is 9.59 Å². The van der Waals surface area contributed by atoms with Crippen molar-refractivity contribution in [1.82, 2.24) is 5.32 Å². The molecule has 1 fully saturated rings. The van der Waals surface area contributed by atoms with Crippen LogP contribution in [0.15, 0.2) is 42.5 Å². The van der Waals surface area contributed by atoms with Gasteiger partial charge in [0.25, 0.3) is 5.91 Å². The summed E-state index contributed by atoms with van der Waals surface area (Å²) in [5.41, 5.74) is 3.77. The number of urea groups is 1. The smallest absolute Gasteiger partial charge is 0.321 e. The molecule has 0 radical (unpaired) electrons. The van der Waals surface area contributed by atoms with Crippen molar-refractivity contribution in [3.05, 3.63) is 48.0 Å². The third kappa shape index (κ3) is 6.13. The number of nitrogens with zero attached hydrogens (tertiary/aromatic N) is 2. The number of carbonyl (C=O) groups excluding carboxylic acids is 2. The molecule has 3 rings (SSSR count). The van der Waals surface area contributed by atoms with E-state index in [0.29, 0.717) is 5.75 Å². The quantitative estimate of drug-likeness (QED) is 0.700. The Hall–Kier alpha value is -3.22. The van der Waals surface area contributed by atoms with Gasteiger partial charge >= 0.3 is 6.03 Å². The van der Waals surface area contributed by atoms with Gasteiger partial charge in [0.2, 0.25) is 0 Å². The minimum absolute atomic E-state index is 0.0659. The standard InChI is InChI=1S/C24H32N4O3/c1-17(2)25-24(30)27(4)19-7-10-21(11-8-19)31-16-23(29)26-22-12-9-20(15-18(22)3)28-13-5-6-14-28/h7-12,15,17H,5-6,13-14,16H2,1-4H3,(H,25,30)(H,26,29). The Morgan fingerprint density at radius 3 is 2.39 bits per heavy atom. The largest absolute Gasteiger partial charge is 0.484 e. The van der Waals surface area contributed by atoms with Crippen LogP contribution >= 0.6 is 0 Å². The van der Waals surface area contributed by atoms with E-state index in [1.54, 1.807) is 31.3 Å². The molecule has 0 spiro atoms. The van der Waals surface area contributed by atoms with Gasteiger partial charge in [0, 0.05) is 43.2 Å². The van der Waals surface area contributed by atoms with Crippen LogP contribution in [0, 0.1) is 6.92 Å². The summed E-state index contributed by atoms with van der Waals surface area (Å²) < 4.78 is 5.61. The van der Waals surface area contributed by atoms with E-state index >= 15 is 0 Å². The topological polar surface area (TPSA) is 73.9 Å². The first kappa shape index (κ1) is 22.5. The Morgan fingerprint density at radius 2 is 1.77 bits per heavy atom. The van der Waals surface area contributed by atoms with Crippen molar-refractivity contribution in [2.24, 2.45) is 0 Å². The van der Waals surface area contributed by atoms with Gasteiger partial charge in [-0.25, -0.2) is 4.79 Å². The number of rotatable bonds is 7. The average Bonchev–Trinajstić information content (AvgIpc) is 3.28. The summed E-state index contributed by atoms with van der Waals surface area (Å²) in [7, 11) is 1.71. The molecular formula is C24H32N4O3. The van der Waals surface area contributed by atoms with Crippen molar-refractivity contribution in [3.8, 4) is 5.75 Å². The summed E-state index contributed by atoms with van der Waals surface area (Å²) in [5, 5.41) is 5.76. The molecule has 0 aromatic heterocycles. The first-order valence-corrected chi connectivity index (χ1v) is 10.8. The van der Waals surface area contributed by atoms with Crippen LogP contribution in [0.4, 0.5) is 21.9 Å². The Morgan fingerprint density at radius 1 is 1.10 bits per heavy atom. The van der Waals surface area contributed by atoms with E-state index in [2.05, 4.69) is 27.7 Å². The number of carbonyl (C=O) groups is 2. The Labute approximate surface area is 184 Å². The number of aryl methyl sites for hydroxylation is 1. The van der Waals surface area contributed by atoms with Crippen LogP contribution in [0.25, 0.3) is 0 Å². The highest BCUT2D eigenvalue weighted by atomic mass is 16.5. The van der Waals surface area contributed by atoms with Crippen LogP contribution in [0.5, 0.6) is 5.75 Å². The second kappa shape index (κ2) is 10.2. The zero-order chi connectivity index (χ0) is 22.4. The highest BCUT2D eigenvalue weighted by Gasteiger charge is 2.14. The van der Waals surface area contributed by atoms with Crippen LogP contribution in [-0.2, 0) is 4.79 Å². The Balaban J connectivity index is 1.51. The van der Waals surface area contributed by atoms with Gasteiger partial charge in [-0.2, -0.15) is 0 Å². The van der Waals surface area contributed by atoms with Crippen LogP contribution in [0.3, 0.4) is 0 Å². The van der Waals surface area contributed by atoms with Crippen molar-refractivity contribution >= 4 is 29.0 Å². The molecular weight excluding hydrogens is 392 g/mol. The SMILES string of the molecule is Cc1cc(N2CCCC2)ccc1NC(=O)COc1ccc(N(C)C(=O)NC(C)C)cc1. The number of benzene rings is 2. The molecule has 0 aliphatic carbocycles. The number of hydrogen-bond donors (Lipinski definition) is 2. The zero-order valence-electron chi connectivity index (χ0n) is 18.8. The van der Waals surface area contributed by atoms with Crippen molar-refractivity contribution < 1.29 is 14.3 Å². The lowest BCUT2D eigenvalue weighted by Crippen LogP contribution is -2.40. The van der Waals surface area contributed by atoms with Crippen LogP contribution < -0.4 is 25.2 Å². The first-order valence-electron chi connectivity index (χ1n) is 10.8. The van der Waals surface area contributed by atoms with Gasteiger partial charge in [-0.3, -0.25) is 9.69 Å². The van der Waals surface area contributed by atoms with Crippen molar-refractivity contribution in [2.75, 3.05) is 41.9 Å². The van der Waals surface area contributed by atoms with Crippen LogP contribution in [-0.4, -0.2) is 44.7 Å². The normalized spacial score (nSPS) is 13.3. The fourth-order valence-electron chi connectivity index (χ4n) is 3.52. The fourth-order valence-corrected chi connectivity index (χ4v) is 3.52. The molecule has 2 aromatic carbocycles. The van der Waals surface area contributed by atoms with E-state index in [0.717, 1.165) is 30.0 Å². The van der Waals surface area contributed by atoms with E-state index in [1.807, 2.05) is 26.8 Å². The minimum Gasteiger partial charge on any atom is -0.484 e. The minimum atomic E-state index is -0.213. The van der Waals surface area contributed by atoms with E-state index in [4.69, 9.17) is 4.74 Å². The lowest BCUT2D eigenvalue weighted by molar-refractivity contribution is -0.118. The summed E-state index contributed by atoms with van der Waals surface area (Å²) in [6, 6.07) is 13.1. The van der Waals surface area contributed by atoms with Crippen molar-refractivity contribution in [3.63, 3.8) is 0 Å². The maximum Gasteiger partial charge on any atom is 0.321 e. The highest BCUT2D eigenvalue weighted by molar-refractivity contribution is 5.93. The van der Waals surface area contributed by atoms with E-state index < -0.39 is 0 Å². The maximum atomic E-state index is 12.3. The lowest BCUT2D eigenvalue weighted by atomic mass is 10.1. The van der Waals surface area contributed by atoms with Gasteiger partial charge in [-0.1, -0.05) is 0 Å². The number of hydrogen-bond acceptors (Lipinski definition) is 4. The zero-order valence-corrected chi connectivity index (χ0v) is 18.8. The molecule has 1 saturated heterocycles. The molecule has 31 heavy (non-hydrogen) atoms. The van der Waals surface area contributed by atoms with Gasteiger partial charge in [-0.15, -0.1) is 0 Å².